The van der Waals surface area contributed by atoms with Crippen LogP contribution < -0.4 is 0 Å². The van der Waals surface area contributed by atoms with Gasteiger partial charge in [0.05, 0.1) is 0 Å². The monoisotopic (exact) mass is 165 g/mol. The van der Waals surface area contributed by atoms with E-state index in [1.165, 1.54) is 13.0 Å². The average Bonchev–Trinajstić information content (AvgIpc) is 2.40. The molecule has 0 N–H and O–H groups in total. The summed E-state index contributed by atoms with van der Waals surface area (Å²) in [6, 6.07) is 1.81. The Morgan fingerprint density at radius 2 is 1.92 bits per heavy atom. The normalized spacial score (nSPS) is 51.2. The first-order valence-corrected chi connectivity index (χ1v) is 5.53. The van der Waals surface area contributed by atoms with Gasteiger partial charge in [0, 0.05) is 18.6 Å². The van der Waals surface area contributed by atoms with Gasteiger partial charge in [0.25, 0.3) is 0 Å². The lowest BCUT2D eigenvalue weighted by Crippen LogP contribution is -2.61. The molecule has 0 aromatic heterocycles. The van der Waals surface area contributed by atoms with E-state index in [2.05, 4.69) is 18.7 Å². The van der Waals surface area contributed by atoms with Crippen LogP contribution in [0.2, 0.25) is 0 Å². The summed E-state index contributed by atoms with van der Waals surface area (Å²) in [6.45, 7) is 6.12. The summed E-state index contributed by atoms with van der Waals surface area (Å²) >= 11 is 0. The number of hydrogen-bond acceptors (Lipinski definition) is 1. The highest BCUT2D eigenvalue weighted by molar-refractivity contribution is 5.09. The maximum Gasteiger partial charge on any atom is 0.0170 e. The van der Waals surface area contributed by atoms with Crippen molar-refractivity contribution in [3.05, 3.63) is 0 Å². The summed E-state index contributed by atoms with van der Waals surface area (Å²) in [5.41, 5.74) is 0. The SMILES string of the molecule is CC(C)N1CC2C3CCC(C3)C21. The third-order valence-electron chi connectivity index (χ3n) is 4.51. The van der Waals surface area contributed by atoms with Gasteiger partial charge in [0.1, 0.15) is 0 Å². The highest BCUT2D eigenvalue weighted by Gasteiger charge is 2.56. The maximum absolute atomic E-state index is 2.73. The quantitative estimate of drug-likeness (QED) is 0.575. The molecule has 0 aromatic rings. The second-order valence-corrected chi connectivity index (χ2v) is 5.28. The lowest BCUT2D eigenvalue weighted by molar-refractivity contribution is -0.0438. The highest BCUT2D eigenvalue weighted by Crippen LogP contribution is 2.55. The molecule has 68 valence electrons. The first kappa shape index (κ1) is 7.37. The van der Waals surface area contributed by atoms with Gasteiger partial charge in [-0.05, 0) is 50.9 Å². The fourth-order valence-corrected chi connectivity index (χ4v) is 3.94. The molecule has 4 unspecified atom stereocenters. The fourth-order valence-electron chi connectivity index (χ4n) is 3.94. The molecule has 3 aliphatic rings. The van der Waals surface area contributed by atoms with Gasteiger partial charge in [0.15, 0.2) is 0 Å². The number of nitrogens with zero attached hydrogens (tertiary/aromatic N) is 1. The predicted octanol–water partition coefficient (Wildman–Crippen LogP) is 2.13. The Morgan fingerprint density at radius 3 is 2.58 bits per heavy atom. The van der Waals surface area contributed by atoms with Gasteiger partial charge in [-0.2, -0.15) is 0 Å². The molecule has 2 aliphatic carbocycles. The van der Waals surface area contributed by atoms with E-state index in [0.717, 1.165) is 29.8 Å². The molecule has 1 heterocycles. The van der Waals surface area contributed by atoms with Crippen LogP contribution in [-0.2, 0) is 0 Å². The van der Waals surface area contributed by atoms with E-state index in [1.54, 1.807) is 12.8 Å². The topological polar surface area (TPSA) is 3.24 Å². The minimum atomic E-state index is 0.797. The van der Waals surface area contributed by atoms with E-state index < -0.39 is 0 Å². The Bertz CT molecular complexity index is 197. The van der Waals surface area contributed by atoms with Gasteiger partial charge in [-0.25, -0.2) is 0 Å². The molecule has 1 heteroatoms. The molecule has 0 amide bonds. The molecule has 1 saturated heterocycles. The summed E-state index contributed by atoms with van der Waals surface area (Å²) in [4.78, 5) is 2.73. The van der Waals surface area contributed by atoms with Crippen molar-refractivity contribution in [2.24, 2.45) is 17.8 Å². The molecule has 3 rings (SSSR count). The lowest BCUT2D eigenvalue weighted by atomic mass is 9.76. The zero-order chi connectivity index (χ0) is 8.29. The summed E-state index contributed by atoms with van der Waals surface area (Å²) < 4.78 is 0. The zero-order valence-electron chi connectivity index (χ0n) is 8.16. The average molecular weight is 165 g/mol. The van der Waals surface area contributed by atoms with E-state index in [9.17, 15) is 0 Å². The zero-order valence-corrected chi connectivity index (χ0v) is 8.16. The molecule has 2 saturated carbocycles. The van der Waals surface area contributed by atoms with Crippen LogP contribution in [-0.4, -0.2) is 23.5 Å². The van der Waals surface area contributed by atoms with E-state index in [0.29, 0.717) is 0 Å². The second kappa shape index (κ2) is 2.25. The number of hydrogen-bond donors (Lipinski definition) is 0. The Balaban J connectivity index is 1.78. The summed E-state index contributed by atoms with van der Waals surface area (Å²) in [7, 11) is 0. The number of fused-ring (bicyclic) bond motifs is 5. The van der Waals surface area contributed by atoms with Crippen LogP contribution in [0.25, 0.3) is 0 Å². The van der Waals surface area contributed by atoms with Crippen LogP contribution in [0.3, 0.4) is 0 Å². The second-order valence-electron chi connectivity index (χ2n) is 5.28. The fraction of sp³-hybridized carbons (Fsp3) is 1.00. The lowest BCUT2D eigenvalue weighted by Gasteiger charge is -2.52. The van der Waals surface area contributed by atoms with Crippen LogP contribution in [0.4, 0.5) is 0 Å². The van der Waals surface area contributed by atoms with Gasteiger partial charge in [0.2, 0.25) is 0 Å². The van der Waals surface area contributed by atoms with Crippen LogP contribution in [0.1, 0.15) is 33.1 Å². The van der Waals surface area contributed by atoms with Gasteiger partial charge < -0.3 is 0 Å². The summed E-state index contributed by atoms with van der Waals surface area (Å²) in [6.07, 6.45) is 4.66. The first-order valence-electron chi connectivity index (χ1n) is 5.53. The van der Waals surface area contributed by atoms with Crippen molar-refractivity contribution in [1.82, 2.24) is 4.90 Å². The largest absolute Gasteiger partial charge is 0.297 e. The summed E-state index contributed by atoms with van der Waals surface area (Å²) in [5.74, 6) is 3.34. The van der Waals surface area contributed by atoms with E-state index >= 15 is 0 Å². The number of likely N-dealkylation sites (tertiary alicyclic amines) is 1. The van der Waals surface area contributed by atoms with Gasteiger partial charge in [-0.1, -0.05) is 0 Å². The van der Waals surface area contributed by atoms with Crippen LogP contribution >= 0.6 is 0 Å². The Labute approximate surface area is 75.1 Å². The molecule has 0 aromatic carbocycles. The van der Waals surface area contributed by atoms with Crippen LogP contribution in [0.15, 0.2) is 0 Å². The third-order valence-corrected chi connectivity index (χ3v) is 4.51. The van der Waals surface area contributed by atoms with Crippen molar-refractivity contribution in [3.63, 3.8) is 0 Å². The third kappa shape index (κ3) is 0.736. The van der Waals surface area contributed by atoms with Gasteiger partial charge >= 0.3 is 0 Å². The molecule has 1 aliphatic heterocycles. The molecule has 1 nitrogen and oxygen atoms in total. The van der Waals surface area contributed by atoms with Crippen molar-refractivity contribution < 1.29 is 0 Å². The Morgan fingerprint density at radius 1 is 1.17 bits per heavy atom. The molecule has 0 radical (unpaired) electrons. The molecule has 2 bridgehead atoms. The molecule has 4 atom stereocenters. The molecule has 3 fully saturated rings. The van der Waals surface area contributed by atoms with Gasteiger partial charge in [-0.3, -0.25) is 4.90 Å². The van der Waals surface area contributed by atoms with Crippen LogP contribution in [0.5, 0.6) is 0 Å². The Kier molecular flexibility index (Phi) is 1.39. The summed E-state index contributed by atoms with van der Waals surface area (Å²) in [5, 5.41) is 0. The highest BCUT2D eigenvalue weighted by atomic mass is 15.3. The van der Waals surface area contributed by atoms with Crippen LogP contribution in [0, 0.1) is 17.8 Å². The molecular formula is C11H19N. The molecular weight excluding hydrogens is 146 g/mol. The van der Waals surface area contributed by atoms with E-state index in [1.807, 2.05) is 0 Å². The smallest absolute Gasteiger partial charge is 0.0170 e. The minimum absolute atomic E-state index is 0.797. The number of rotatable bonds is 1. The molecule has 12 heavy (non-hydrogen) atoms. The maximum atomic E-state index is 2.73. The molecule has 0 spiro atoms. The van der Waals surface area contributed by atoms with Crippen molar-refractivity contribution in [2.45, 2.75) is 45.2 Å². The predicted molar refractivity (Wildman–Crippen MR) is 50.0 cm³/mol. The van der Waals surface area contributed by atoms with Crippen molar-refractivity contribution in [1.29, 1.82) is 0 Å². The minimum Gasteiger partial charge on any atom is -0.297 e. The Hall–Kier alpha value is -0.0400. The van der Waals surface area contributed by atoms with E-state index in [4.69, 9.17) is 0 Å². The first-order chi connectivity index (χ1) is 5.77. The van der Waals surface area contributed by atoms with Crippen molar-refractivity contribution >= 4 is 0 Å². The standard InChI is InChI=1S/C11H19N/c1-7(2)12-6-10-8-3-4-9(5-8)11(10)12/h7-11H,3-6H2,1-2H3. The van der Waals surface area contributed by atoms with Gasteiger partial charge in [-0.15, -0.1) is 0 Å². The van der Waals surface area contributed by atoms with E-state index in [-0.39, 0.29) is 0 Å². The van der Waals surface area contributed by atoms with Crippen molar-refractivity contribution in [2.75, 3.05) is 6.54 Å². The van der Waals surface area contributed by atoms with Crippen molar-refractivity contribution in [3.8, 4) is 0 Å².